The molecule has 0 atom stereocenters. The van der Waals surface area contributed by atoms with E-state index >= 15 is 0 Å². The van der Waals surface area contributed by atoms with Gasteiger partial charge in [0.25, 0.3) is 0 Å². The highest BCUT2D eigenvalue weighted by Crippen LogP contribution is 2.42. The summed E-state index contributed by atoms with van der Waals surface area (Å²) in [7, 11) is 1.86. The second-order valence-electron chi connectivity index (χ2n) is 6.29. The van der Waals surface area contributed by atoms with Gasteiger partial charge >= 0.3 is 0 Å². The van der Waals surface area contributed by atoms with E-state index in [-0.39, 0.29) is 0 Å². The summed E-state index contributed by atoms with van der Waals surface area (Å²) in [6.07, 6.45) is 9.87. The highest BCUT2D eigenvalue weighted by molar-refractivity contribution is 4.90. The van der Waals surface area contributed by atoms with Gasteiger partial charge in [0.2, 0.25) is 0 Å². The highest BCUT2D eigenvalue weighted by Gasteiger charge is 2.38. The van der Waals surface area contributed by atoms with E-state index in [4.69, 9.17) is 4.74 Å². The van der Waals surface area contributed by atoms with Crippen LogP contribution in [0.15, 0.2) is 0 Å². The van der Waals surface area contributed by atoms with E-state index in [0.29, 0.717) is 5.41 Å². The largest absolute Gasteiger partial charge is 0.384 e. The molecular weight excluding hydrogens is 210 g/mol. The molecule has 100 valence electrons. The van der Waals surface area contributed by atoms with Crippen LogP contribution in [0.3, 0.4) is 0 Å². The lowest BCUT2D eigenvalue weighted by Crippen LogP contribution is -2.45. The van der Waals surface area contributed by atoms with Crippen molar-refractivity contribution in [1.29, 1.82) is 0 Å². The Balaban J connectivity index is 1.77. The molecule has 0 bridgehead atoms. The van der Waals surface area contributed by atoms with Crippen LogP contribution in [0.1, 0.15) is 51.9 Å². The van der Waals surface area contributed by atoms with Crippen molar-refractivity contribution in [3.05, 3.63) is 0 Å². The molecule has 0 aromatic rings. The van der Waals surface area contributed by atoms with Gasteiger partial charge in [-0.25, -0.2) is 0 Å². The van der Waals surface area contributed by atoms with Gasteiger partial charge < -0.3 is 9.64 Å². The first-order valence-corrected chi connectivity index (χ1v) is 7.49. The third kappa shape index (κ3) is 3.96. The molecule has 0 amide bonds. The molecule has 2 aliphatic carbocycles. The van der Waals surface area contributed by atoms with E-state index in [9.17, 15) is 0 Å². The zero-order chi connectivity index (χ0) is 12.1. The van der Waals surface area contributed by atoms with Gasteiger partial charge in [0.05, 0.1) is 6.61 Å². The van der Waals surface area contributed by atoms with Crippen LogP contribution in [0.5, 0.6) is 0 Å². The van der Waals surface area contributed by atoms with Gasteiger partial charge in [0, 0.05) is 19.1 Å². The number of hydrogen-bond donors (Lipinski definition) is 0. The Morgan fingerprint density at radius 1 is 1.24 bits per heavy atom. The summed E-state index contributed by atoms with van der Waals surface area (Å²) in [5.74, 6) is 1.06. The molecular formula is C15H29NO. The average molecular weight is 239 g/mol. The molecule has 0 aromatic heterocycles. The molecule has 2 rings (SSSR count). The fourth-order valence-electron chi connectivity index (χ4n) is 3.16. The van der Waals surface area contributed by atoms with E-state index in [1.807, 2.05) is 7.11 Å². The maximum Gasteiger partial charge on any atom is 0.0530 e. The van der Waals surface area contributed by atoms with E-state index in [2.05, 4.69) is 11.8 Å². The molecule has 2 nitrogen and oxygen atoms in total. The predicted molar refractivity (Wildman–Crippen MR) is 72.2 cm³/mol. The molecule has 2 heteroatoms. The minimum Gasteiger partial charge on any atom is -0.384 e. The smallest absolute Gasteiger partial charge is 0.0530 e. The van der Waals surface area contributed by atoms with Crippen molar-refractivity contribution in [3.63, 3.8) is 0 Å². The molecule has 2 fully saturated rings. The Hall–Kier alpha value is -0.0800. The predicted octanol–water partition coefficient (Wildman–Crippen LogP) is 3.32. The molecule has 0 unspecified atom stereocenters. The summed E-state index contributed by atoms with van der Waals surface area (Å²) in [6, 6.07) is 0. The van der Waals surface area contributed by atoms with Crippen molar-refractivity contribution in [2.24, 2.45) is 11.3 Å². The lowest BCUT2D eigenvalue weighted by Gasteiger charge is -2.44. The first-order valence-electron chi connectivity index (χ1n) is 7.49. The van der Waals surface area contributed by atoms with Gasteiger partial charge in [-0.15, -0.1) is 0 Å². The number of ether oxygens (including phenoxy) is 1. The van der Waals surface area contributed by atoms with Gasteiger partial charge in [-0.05, 0) is 44.7 Å². The second-order valence-corrected chi connectivity index (χ2v) is 6.29. The quantitative estimate of drug-likeness (QED) is 0.612. The summed E-state index contributed by atoms with van der Waals surface area (Å²) < 4.78 is 5.44. The third-order valence-corrected chi connectivity index (χ3v) is 4.51. The summed E-state index contributed by atoms with van der Waals surface area (Å²) in [5.41, 5.74) is 0.507. The molecule has 2 aliphatic rings. The summed E-state index contributed by atoms with van der Waals surface area (Å²) in [6.45, 7) is 7.15. The lowest BCUT2D eigenvalue weighted by atomic mass is 9.69. The van der Waals surface area contributed by atoms with Gasteiger partial charge in [0.15, 0.2) is 0 Å². The maximum absolute atomic E-state index is 5.44. The van der Waals surface area contributed by atoms with Gasteiger partial charge in [0.1, 0.15) is 0 Å². The van der Waals surface area contributed by atoms with E-state index in [1.165, 1.54) is 64.6 Å². The number of rotatable bonds is 9. The Morgan fingerprint density at radius 2 is 2.00 bits per heavy atom. The standard InChI is InChI=1S/C15H29NO/c1-3-10-16(11-7-14-5-6-14)12-15(13-17-2)8-4-9-15/h14H,3-13H2,1-2H3. The summed E-state index contributed by atoms with van der Waals surface area (Å²) >= 11 is 0. The fraction of sp³-hybridized carbons (Fsp3) is 1.00. The molecule has 0 spiro atoms. The van der Waals surface area contributed by atoms with Crippen LogP contribution in [0.4, 0.5) is 0 Å². The van der Waals surface area contributed by atoms with Crippen LogP contribution in [-0.2, 0) is 4.74 Å². The van der Waals surface area contributed by atoms with Crippen LogP contribution in [-0.4, -0.2) is 38.3 Å². The molecule has 2 saturated carbocycles. The Kier molecular flexibility index (Phi) is 4.87. The second kappa shape index (κ2) is 6.19. The first-order chi connectivity index (χ1) is 8.28. The Bertz CT molecular complexity index is 221. The van der Waals surface area contributed by atoms with Crippen LogP contribution < -0.4 is 0 Å². The first kappa shape index (κ1) is 13.4. The molecule has 0 saturated heterocycles. The lowest BCUT2D eigenvalue weighted by molar-refractivity contribution is -0.0121. The van der Waals surface area contributed by atoms with E-state index < -0.39 is 0 Å². The molecule has 0 radical (unpaired) electrons. The van der Waals surface area contributed by atoms with Crippen molar-refractivity contribution >= 4 is 0 Å². The van der Waals surface area contributed by atoms with Crippen molar-refractivity contribution in [1.82, 2.24) is 4.90 Å². The highest BCUT2D eigenvalue weighted by atomic mass is 16.5. The SMILES string of the molecule is CCCN(CCC1CC1)CC1(COC)CCC1. The van der Waals surface area contributed by atoms with Crippen LogP contribution >= 0.6 is 0 Å². The van der Waals surface area contributed by atoms with Crippen LogP contribution in [0.2, 0.25) is 0 Å². The number of nitrogens with zero attached hydrogens (tertiary/aromatic N) is 1. The van der Waals surface area contributed by atoms with Crippen molar-refractivity contribution in [2.45, 2.75) is 51.9 Å². The average Bonchev–Trinajstić information content (AvgIpc) is 3.07. The Labute approximate surface area is 107 Å². The molecule has 0 N–H and O–H groups in total. The van der Waals surface area contributed by atoms with Crippen molar-refractivity contribution in [3.8, 4) is 0 Å². The van der Waals surface area contributed by atoms with Gasteiger partial charge in [-0.3, -0.25) is 0 Å². The summed E-state index contributed by atoms with van der Waals surface area (Å²) in [5, 5.41) is 0. The number of methoxy groups -OCH3 is 1. The molecule has 0 aromatic carbocycles. The zero-order valence-corrected chi connectivity index (χ0v) is 11.7. The minimum atomic E-state index is 0.507. The fourth-order valence-corrected chi connectivity index (χ4v) is 3.16. The van der Waals surface area contributed by atoms with Crippen molar-refractivity contribution < 1.29 is 4.74 Å². The third-order valence-electron chi connectivity index (χ3n) is 4.51. The van der Waals surface area contributed by atoms with Crippen LogP contribution in [0.25, 0.3) is 0 Å². The van der Waals surface area contributed by atoms with Gasteiger partial charge in [-0.1, -0.05) is 26.2 Å². The van der Waals surface area contributed by atoms with Crippen molar-refractivity contribution in [2.75, 3.05) is 33.4 Å². The molecule has 0 aliphatic heterocycles. The topological polar surface area (TPSA) is 12.5 Å². The van der Waals surface area contributed by atoms with E-state index in [0.717, 1.165) is 12.5 Å². The van der Waals surface area contributed by atoms with Gasteiger partial charge in [-0.2, -0.15) is 0 Å². The molecule has 17 heavy (non-hydrogen) atoms. The number of hydrogen-bond acceptors (Lipinski definition) is 2. The normalized spacial score (nSPS) is 22.8. The monoisotopic (exact) mass is 239 g/mol. The summed E-state index contributed by atoms with van der Waals surface area (Å²) in [4.78, 5) is 2.70. The van der Waals surface area contributed by atoms with Crippen LogP contribution in [0, 0.1) is 11.3 Å². The van der Waals surface area contributed by atoms with E-state index in [1.54, 1.807) is 0 Å². The molecule has 0 heterocycles. The Morgan fingerprint density at radius 3 is 2.47 bits per heavy atom. The maximum atomic E-state index is 5.44. The minimum absolute atomic E-state index is 0.507. The zero-order valence-electron chi connectivity index (χ0n) is 11.7.